The molecule has 1 aromatic rings. The number of hydrogen-bond donors (Lipinski definition) is 1. The SMILES string of the molecule is CC(c1ccc(C(F)(F)F)cc1)N(C)CCO. The van der Waals surface area contributed by atoms with Crippen LogP contribution in [0.2, 0.25) is 0 Å². The van der Waals surface area contributed by atoms with Gasteiger partial charge in [0, 0.05) is 12.6 Å². The summed E-state index contributed by atoms with van der Waals surface area (Å²) in [6, 6.07) is 5.09. The fourth-order valence-corrected chi connectivity index (χ4v) is 1.56. The molecular formula is C12H16F3NO. The highest BCUT2D eigenvalue weighted by Gasteiger charge is 2.30. The summed E-state index contributed by atoms with van der Waals surface area (Å²) >= 11 is 0. The number of hydrogen-bond acceptors (Lipinski definition) is 2. The van der Waals surface area contributed by atoms with Crippen LogP contribution >= 0.6 is 0 Å². The average molecular weight is 247 g/mol. The molecule has 0 aromatic heterocycles. The first-order chi connectivity index (χ1) is 7.86. The van der Waals surface area contributed by atoms with Crippen LogP contribution in [0.25, 0.3) is 0 Å². The van der Waals surface area contributed by atoms with E-state index in [9.17, 15) is 13.2 Å². The molecule has 0 aliphatic carbocycles. The Morgan fingerprint density at radius 3 is 2.18 bits per heavy atom. The molecule has 1 N–H and O–H groups in total. The van der Waals surface area contributed by atoms with Crippen molar-refractivity contribution in [1.82, 2.24) is 4.90 Å². The highest BCUT2D eigenvalue weighted by molar-refractivity contribution is 5.26. The molecule has 0 heterocycles. The lowest BCUT2D eigenvalue weighted by Gasteiger charge is -2.24. The zero-order chi connectivity index (χ0) is 13.1. The summed E-state index contributed by atoms with van der Waals surface area (Å²) in [5.74, 6) is 0. The van der Waals surface area contributed by atoms with Crippen molar-refractivity contribution in [1.29, 1.82) is 0 Å². The second-order valence-electron chi connectivity index (χ2n) is 4.00. The quantitative estimate of drug-likeness (QED) is 0.884. The number of rotatable bonds is 4. The zero-order valence-corrected chi connectivity index (χ0v) is 9.83. The second-order valence-corrected chi connectivity index (χ2v) is 4.00. The van der Waals surface area contributed by atoms with Gasteiger partial charge in [-0.15, -0.1) is 0 Å². The summed E-state index contributed by atoms with van der Waals surface area (Å²) in [6.45, 7) is 2.40. The highest BCUT2D eigenvalue weighted by Crippen LogP contribution is 2.30. The summed E-state index contributed by atoms with van der Waals surface area (Å²) < 4.78 is 37.1. The summed E-state index contributed by atoms with van der Waals surface area (Å²) in [5.41, 5.74) is 0.159. The standard InChI is InChI=1S/C12H16F3NO/c1-9(16(2)7-8-17)10-3-5-11(6-4-10)12(13,14)15/h3-6,9,17H,7-8H2,1-2H3. The number of likely N-dealkylation sites (N-methyl/N-ethyl adjacent to an activating group) is 1. The van der Waals surface area contributed by atoms with Crippen molar-refractivity contribution in [3.63, 3.8) is 0 Å². The van der Waals surface area contributed by atoms with Crippen LogP contribution in [0, 0.1) is 0 Å². The van der Waals surface area contributed by atoms with Crippen LogP contribution in [0.4, 0.5) is 13.2 Å². The van der Waals surface area contributed by atoms with Crippen molar-refractivity contribution in [2.45, 2.75) is 19.1 Å². The molecular weight excluding hydrogens is 231 g/mol. The van der Waals surface area contributed by atoms with Gasteiger partial charge in [-0.1, -0.05) is 12.1 Å². The molecule has 0 amide bonds. The minimum absolute atomic E-state index is 0.0237. The van der Waals surface area contributed by atoms with Crippen LogP contribution in [-0.2, 0) is 6.18 Å². The number of benzene rings is 1. The molecule has 0 radical (unpaired) electrons. The number of halogens is 3. The molecule has 5 heteroatoms. The summed E-state index contributed by atoms with van der Waals surface area (Å²) in [4.78, 5) is 1.88. The predicted molar refractivity (Wildman–Crippen MR) is 59.6 cm³/mol. The maximum atomic E-state index is 12.4. The van der Waals surface area contributed by atoms with E-state index < -0.39 is 11.7 Å². The Kier molecular flexibility index (Phi) is 4.54. The van der Waals surface area contributed by atoms with Gasteiger partial charge in [0.05, 0.1) is 12.2 Å². The molecule has 96 valence electrons. The lowest BCUT2D eigenvalue weighted by molar-refractivity contribution is -0.137. The Balaban J connectivity index is 2.80. The molecule has 1 rings (SSSR count). The molecule has 0 aliphatic rings. The summed E-state index contributed by atoms with van der Waals surface area (Å²) in [6.07, 6.45) is -4.29. The molecule has 0 saturated heterocycles. The van der Waals surface area contributed by atoms with E-state index in [1.165, 1.54) is 12.1 Å². The van der Waals surface area contributed by atoms with Crippen molar-refractivity contribution < 1.29 is 18.3 Å². The van der Waals surface area contributed by atoms with Crippen molar-refractivity contribution in [3.8, 4) is 0 Å². The van der Waals surface area contributed by atoms with E-state index in [4.69, 9.17) is 5.11 Å². The molecule has 0 spiro atoms. The molecule has 1 aromatic carbocycles. The van der Waals surface area contributed by atoms with E-state index >= 15 is 0 Å². The van der Waals surface area contributed by atoms with Crippen LogP contribution in [0.3, 0.4) is 0 Å². The number of nitrogens with zero attached hydrogens (tertiary/aromatic N) is 1. The van der Waals surface area contributed by atoms with Crippen LogP contribution < -0.4 is 0 Å². The Hall–Kier alpha value is -1.07. The third-order valence-corrected chi connectivity index (χ3v) is 2.83. The number of aliphatic hydroxyl groups excluding tert-OH is 1. The molecule has 0 fully saturated rings. The maximum absolute atomic E-state index is 12.4. The largest absolute Gasteiger partial charge is 0.416 e. The van der Waals surface area contributed by atoms with Crippen LogP contribution in [0.15, 0.2) is 24.3 Å². The van der Waals surface area contributed by atoms with E-state index in [1.807, 2.05) is 18.9 Å². The first-order valence-corrected chi connectivity index (χ1v) is 5.34. The van der Waals surface area contributed by atoms with E-state index in [2.05, 4.69) is 0 Å². The molecule has 2 nitrogen and oxygen atoms in total. The number of aliphatic hydroxyl groups is 1. The predicted octanol–water partition coefficient (Wildman–Crippen LogP) is 2.69. The smallest absolute Gasteiger partial charge is 0.395 e. The Morgan fingerprint density at radius 1 is 1.24 bits per heavy atom. The van der Waals surface area contributed by atoms with Gasteiger partial charge in [-0.3, -0.25) is 4.90 Å². The summed E-state index contributed by atoms with van der Waals surface area (Å²) in [5, 5.41) is 8.79. The van der Waals surface area contributed by atoms with Gasteiger partial charge in [-0.2, -0.15) is 13.2 Å². The van der Waals surface area contributed by atoms with E-state index in [0.717, 1.165) is 17.7 Å². The van der Waals surface area contributed by atoms with Gasteiger partial charge >= 0.3 is 6.18 Å². The minimum Gasteiger partial charge on any atom is -0.395 e. The van der Waals surface area contributed by atoms with Crippen LogP contribution in [-0.4, -0.2) is 30.2 Å². The van der Waals surface area contributed by atoms with E-state index in [-0.39, 0.29) is 12.6 Å². The normalized spacial score (nSPS) is 14.1. The maximum Gasteiger partial charge on any atom is 0.416 e. The molecule has 0 bridgehead atoms. The molecule has 17 heavy (non-hydrogen) atoms. The van der Waals surface area contributed by atoms with Gasteiger partial charge in [-0.25, -0.2) is 0 Å². The van der Waals surface area contributed by atoms with Gasteiger partial charge < -0.3 is 5.11 Å². The van der Waals surface area contributed by atoms with Crippen LogP contribution in [0.5, 0.6) is 0 Å². The Bertz CT molecular complexity index is 348. The summed E-state index contributed by atoms with van der Waals surface area (Å²) in [7, 11) is 1.82. The molecule has 0 aliphatic heterocycles. The van der Waals surface area contributed by atoms with Gasteiger partial charge in [0.1, 0.15) is 0 Å². The monoisotopic (exact) mass is 247 g/mol. The van der Waals surface area contributed by atoms with E-state index in [0.29, 0.717) is 6.54 Å². The fraction of sp³-hybridized carbons (Fsp3) is 0.500. The second kappa shape index (κ2) is 5.51. The van der Waals surface area contributed by atoms with Crippen molar-refractivity contribution >= 4 is 0 Å². The van der Waals surface area contributed by atoms with Crippen LogP contribution in [0.1, 0.15) is 24.1 Å². The van der Waals surface area contributed by atoms with Gasteiger partial charge in [0.2, 0.25) is 0 Å². The van der Waals surface area contributed by atoms with Gasteiger partial charge in [0.25, 0.3) is 0 Å². The molecule has 1 unspecified atom stereocenters. The zero-order valence-electron chi connectivity index (χ0n) is 9.83. The lowest BCUT2D eigenvalue weighted by Crippen LogP contribution is -2.25. The van der Waals surface area contributed by atoms with Crippen molar-refractivity contribution in [2.24, 2.45) is 0 Å². The van der Waals surface area contributed by atoms with Gasteiger partial charge in [0.15, 0.2) is 0 Å². The van der Waals surface area contributed by atoms with Crippen molar-refractivity contribution in [3.05, 3.63) is 35.4 Å². The highest BCUT2D eigenvalue weighted by atomic mass is 19.4. The average Bonchev–Trinajstić information content (AvgIpc) is 2.27. The third-order valence-electron chi connectivity index (χ3n) is 2.83. The van der Waals surface area contributed by atoms with E-state index in [1.54, 1.807) is 0 Å². The topological polar surface area (TPSA) is 23.5 Å². The fourth-order valence-electron chi connectivity index (χ4n) is 1.56. The third kappa shape index (κ3) is 3.71. The first-order valence-electron chi connectivity index (χ1n) is 5.34. The Morgan fingerprint density at radius 2 is 1.76 bits per heavy atom. The van der Waals surface area contributed by atoms with Crippen molar-refractivity contribution in [2.75, 3.05) is 20.2 Å². The molecule has 0 saturated carbocycles. The minimum atomic E-state index is -4.29. The lowest BCUT2D eigenvalue weighted by atomic mass is 10.0. The number of alkyl halides is 3. The Labute approximate surface area is 98.7 Å². The first kappa shape index (κ1) is 14.0. The van der Waals surface area contributed by atoms with Gasteiger partial charge in [-0.05, 0) is 31.7 Å². The molecule has 1 atom stereocenters.